The Bertz CT molecular complexity index is 218. The fourth-order valence-corrected chi connectivity index (χ4v) is 2.61. The summed E-state index contributed by atoms with van der Waals surface area (Å²) >= 11 is 1.88. The molecule has 3 unspecified atom stereocenters. The van der Waals surface area contributed by atoms with E-state index in [9.17, 15) is 4.79 Å². The van der Waals surface area contributed by atoms with Gasteiger partial charge in [-0.2, -0.15) is 11.8 Å². The van der Waals surface area contributed by atoms with Gasteiger partial charge in [-0.15, -0.1) is 0 Å². The molecular formula is C11H20O3S. The number of hydrogen-bond acceptors (Lipinski definition) is 3. The molecule has 0 aromatic rings. The molecule has 0 amide bonds. The van der Waals surface area contributed by atoms with E-state index in [4.69, 9.17) is 9.84 Å². The Morgan fingerprint density at radius 3 is 2.60 bits per heavy atom. The Kier molecular flexibility index (Phi) is 4.93. The van der Waals surface area contributed by atoms with Crippen LogP contribution in [0.15, 0.2) is 0 Å². The zero-order valence-corrected chi connectivity index (χ0v) is 10.4. The standard InChI is InChI=1S/C11H20O3S/c1-7(2)8(3)15-6-9-4-5-10(14-9)11(12)13/h7-10H,4-6H2,1-3H3,(H,12,13). The molecule has 4 heteroatoms. The van der Waals surface area contributed by atoms with Crippen LogP contribution in [0, 0.1) is 5.92 Å². The average Bonchev–Trinajstić information content (AvgIpc) is 2.62. The van der Waals surface area contributed by atoms with Crippen LogP contribution in [0.4, 0.5) is 0 Å². The molecule has 1 N–H and O–H groups in total. The Labute approximate surface area is 95.6 Å². The summed E-state index contributed by atoms with van der Waals surface area (Å²) in [5.74, 6) is 0.759. The van der Waals surface area contributed by atoms with Crippen molar-refractivity contribution < 1.29 is 14.6 Å². The Morgan fingerprint density at radius 2 is 2.13 bits per heavy atom. The summed E-state index contributed by atoms with van der Waals surface area (Å²) in [7, 11) is 0. The summed E-state index contributed by atoms with van der Waals surface area (Å²) < 4.78 is 5.43. The van der Waals surface area contributed by atoms with E-state index < -0.39 is 12.1 Å². The van der Waals surface area contributed by atoms with E-state index in [2.05, 4.69) is 20.8 Å². The number of carboxylic acids is 1. The van der Waals surface area contributed by atoms with Crippen molar-refractivity contribution in [1.82, 2.24) is 0 Å². The van der Waals surface area contributed by atoms with Gasteiger partial charge < -0.3 is 9.84 Å². The number of carboxylic acid groups (broad SMARTS) is 1. The van der Waals surface area contributed by atoms with E-state index in [1.54, 1.807) is 0 Å². The largest absolute Gasteiger partial charge is 0.479 e. The lowest BCUT2D eigenvalue weighted by Crippen LogP contribution is -2.22. The summed E-state index contributed by atoms with van der Waals surface area (Å²) in [6.45, 7) is 6.61. The van der Waals surface area contributed by atoms with Gasteiger partial charge in [0.2, 0.25) is 0 Å². The second kappa shape index (κ2) is 5.75. The number of hydrogen-bond donors (Lipinski definition) is 1. The molecule has 1 aliphatic rings. The second-order valence-corrected chi connectivity index (χ2v) is 5.86. The fourth-order valence-electron chi connectivity index (χ4n) is 1.46. The molecular weight excluding hydrogens is 212 g/mol. The number of carbonyl (C=O) groups is 1. The predicted octanol–water partition coefficient (Wildman–Crippen LogP) is 2.40. The third-order valence-electron chi connectivity index (χ3n) is 2.87. The highest BCUT2D eigenvalue weighted by atomic mass is 32.2. The molecule has 0 aromatic heterocycles. The molecule has 1 rings (SSSR count). The summed E-state index contributed by atoms with van der Waals surface area (Å²) in [5, 5.41) is 9.37. The van der Waals surface area contributed by atoms with E-state index in [-0.39, 0.29) is 6.10 Å². The van der Waals surface area contributed by atoms with Gasteiger partial charge in [0.25, 0.3) is 0 Å². The molecule has 88 valence electrons. The molecule has 0 radical (unpaired) electrons. The highest BCUT2D eigenvalue weighted by molar-refractivity contribution is 7.99. The third-order valence-corrected chi connectivity index (χ3v) is 4.50. The lowest BCUT2D eigenvalue weighted by atomic mass is 10.2. The van der Waals surface area contributed by atoms with Crippen molar-refractivity contribution >= 4 is 17.7 Å². The van der Waals surface area contributed by atoms with Gasteiger partial charge in [0, 0.05) is 11.0 Å². The van der Waals surface area contributed by atoms with Gasteiger partial charge in [-0.3, -0.25) is 0 Å². The van der Waals surface area contributed by atoms with Crippen molar-refractivity contribution in [3.05, 3.63) is 0 Å². The van der Waals surface area contributed by atoms with Crippen LogP contribution in [-0.2, 0) is 9.53 Å². The van der Waals surface area contributed by atoms with E-state index >= 15 is 0 Å². The van der Waals surface area contributed by atoms with Gasteiger partial charge in [-0.1, -0.05) is 20.8 Å². The van der Waals surface area contributed by atoms with E-state index in [0.717, 1.165) is 12.2 Å². The van der Waals surface area contributed by atoms with Crippen LogP contribution in [0.2, 0.25) is 0 Å². The van der Waals surface area contributed by atoms with Gasteiger partial charge in [0.1, 0.15) is 0 Å². The van der Waals surface area contributed by atoms with Gasteiger partial charge in [-0.05, 0) is 18.8 Å². The molecule has 3 atom stereocenters. The Hall–Kier alpha value is -0.220. The van der Waals surface area contributed by atoms with E-state index in [0.29, 0.717) is 17.6 Å². The Morgan fingerprint density at radius 1 is 1.47 bits per heavy atom. The average molecular weight is 232 g/mol. The van der Waals surface area contributed by atoms with Crippen molar-refractivity contribution in [2.75, 3.05) is 5.75 Å². The number of ether oxygens (including phenoxy) is 1. The maximum absolute atomic E-state index is 10.7. The van der Waals surface area contributed by atoms with E-state index in [1.165, 1.54) is 0 Å². The quantitative estimate of drug-likeness (QED) is 0.790. The van der Waals surface area contributed by atoms with Gasteiger partial charge in [0.05, 0.1) is 6.10 Å². The normalized spacial score (nSPS) is 28.3. The van der Waals surface area contributed by atoms with Crippen molar-refractivity contribution in [2.45, 2.75) is 51.1 Å². The smallest absolute Gasteiger partial charge is 0.332 e. The first-order chi connectivity index (χ1) is 7.00. The summed E-state index contributed by atoms with van der Waals surface area (Å²) in [6.07, 6.45) is 1.12. The molecule has 1 fully saturated rings. The molecule has 15 heavy (non-hydrogen) atoms. The minimum Gasteiger partial charge on any atom is -0.479 e. The SMILES string of the molecule is CC(C)C(C)SCC1CCC(C(=O)O)O1. The molecule has 0 aliphatic carbocycles. The monoisotopic (exact) mass is 232 g/mol. The molecule has 0 saturated carbocycles. The number of thioether (sulfide) groups is 1. The van der Waals surface area contributed by atoms with Crippen LogP contribution in [0.3, 0.4) is 0 Å². The zero-order chi connectivity index (χ0) is 11.4. The summed E-state index contributed by atoms with van der Waals surface area (Å²) in [4.78, 5) is 10.7. The predicted molar refractivity (Wildman–Crippen MR) is 62.3 cm³/mol. The number of rotatable bonds is 5. The van der Waals surface area contributed by atoms with Crippen LogP contribution in [-0.4, -0.2) is 34.3 Å². The lowest BCUT2D eigenvalue weighted by Gasteiger charge is -2.17. The first-order valence-electron chi connectivity index (χ1n) is 5.50. The van der Waals surface area contributed by atoms with Crippen LogP contribution in [0.1, 0.15) is 33.6 Å². The molecule has 3 nitrogen and oxygen atoms in total. The van der Waals surface area contributed by atoms with Crippen molar-refractivity contribution in [1.29, 1.82) is 0 Å². The van der Waals surface area contributed by atoms with Crippen LogP contribution < -0.4 is 0 Å². The van der Waals surface area contributed by atoms with Gasteiger partial charge >= 0.3 is 5.97 Å². The molecule has 1 heterocycles. The minimum atomic E-state index is -0.820. The maximum atomic E-state index is 10.7. The molecule has 1 saturated heterocycles. The molecule has 0 aromatic carbocycles. The lowest BCUT2D eigenvalue weighted by molar-refractivity contribution is -0.148. The third kappa shape index (κ3) is 4.03. The topological polar surface area (TPSA) is 46.5 Å². The van der Waals surface area contributed by atoms with Crippen molar-refractivity contribution in [3.8, 4) is 0 Å². The Balaban J connectivity index is 2.22. The highest BCUT2D eigenvalue weighted by Crippen LogP contribution is 2.26. The van der Waals surface area contributed by atoms with Gasteiger partial charge in [-0.25, -0.2) is 4.79 Å². The highest BCUT2D eigenvalue weighted by Gasteiger charge is 2.30. The van der Waals surface area contributed by atoms with Crippen LogP contribution in [0.5, 0.6) is 0 Å². The zero-order valence-electron chi connectivity index (χ0n) is 9.60. The van der Waals surface area contributed by atoms with Gasteiger partial charge in [0.15, 0.2) is 6.10 Å². The van der Waals surface area contributed by atoms with Crippen molar-refractivity contribution in [3.63, 3.8) is 0 Å². The summed E-state index contributed by atoms with van der Waals surface area (Å²) in [6, 6.07) is 0. The molecule has 1 aliphatic heterocycles. The van der Waals surface area contributed by atoms with E-state index in [1.807, 2.05) is 11.8 Å². The minimum absolute atomic E-state index is 0.136. The van der Waals surface area contributed by atoms with Crippen molar-refractivity contribution in [2.24, 2.45) is 5.92 Å². The molecule has 0 spiro atoms. The number of aliphatic carboxylic acids is 1. The van der Waals surface area contributed by atoms with Crippen LogP contribution >= 0.6 is 11.8 Å². The van der Waals surface area contributed by atoms with Crippen LogP contribution in [0.25, 0.3) is 0 Å². The fraction of sp³-hybridized carbons (Fsp3) is 0.909. The first-order valence-corrected chi connectivity index (χ1v) is 6.55. The molecule has 0 bridgehead atoms. The maximum Gasteiger partial charge on any atom is 0.332 e. The second-order valence-electron chi connectivity index (χ2n) is 4.44. The first kappa shape index (κ1) is 12.8. The summed E-state index contributed by atoms with van der Waals surface area (Å²) in [5.41, 5.74) is 0.